The van der Waals surface area contributed by atoms with Crippen LogP contribution in [0.1, 0.15) is 23.1 Å². The first-order valence-corrected chi connectivity index (χ1v) is 8.80. The molecule has 0 bridgehead atoms. The van der Waals surface area contributed by atoms with E-state index < -0.39 is 5.60 Å². The Morgan fingerprint density at radius 2 is 1.93 bits per heavy atom. The van der Waals surface area contributed by atoms with Gasteiger partial charge >= 0.3 is 5.97 Å². The van der Waals surface area contributed by atoms with Crippen molar-refractivity contribution in [1.82, 2.24) is 0 Å². The second-order valence-corrected chi connectivity index (χ2v) is 6.61. The third kappa shape index (κ3) is 4.49. The van der Waals surface area contributed by atoms with Gasteiger partial charge in [0.2, 0.25) is 0 Å². The molecule has 0 unspecified atom stereocenters. The van der Waals surface area contributed by atoms with E-state index in [1.807, 2.05) is 61.5 Å². The number of aryl methyl sites for hydroxylation is 1. The molecule has 0 spiro atoms. The molecule has 0 fully saturated rings. The normalized spacial score (nSPS) is 17.7. The third-order valence-electron chi connectivity index (χ3n) is 4.46. The Labute approximate surface area is 159 Å². The highest BCUT2D eigenvalue weighted by Gasteiger charge is 2.37. The van der Waals surface area contributed by atoms with Crippen molar-refractivity contribution in [3.63, 3.8) is 0 Å². The summed E-state index contributed by atoms with van der Waals surface area (Å²) in [7, 11) is 3.00. The SMILES string of the molecule is COC(=O)C[C@]1(COCc2ccccc2)C=Cc2c(OC)cc(C)cc2O1. The van der Waals surface area contributed by atoms with Gasteiger partial charge in [-0.15, -0.1) is 0 Å². The van der Waals surface area contributed by atoms with Gasteiger partial charge in [-0.3, -0.25) is 4.79 Å². The van der Waals surface area contributed by atoms with E-state index in [2.05, 4.69) is 0 Å². The highest BCUT2D eigenvalue weighted by Crippen LogP contribution is 2.39. The minimum absolute atomic E-state index is 0.0600. The molecule has 2 aromatic rings. The molecule has 0 aliphatic carbocycles. The van der Waals surface area contributed by atoms with Crippen molar-refractivity contribution in [1.29, 1.82) is 0 Å². The summed E-state index contributed by atoms with van der Waals surface area (Å²) in [6, 6.07) is 13.8. The molecule has 142 valence electrons. The fourth-order valence-electron chi connectivity index (χ4n) is 3.09. The minimum Gasteiger partial charge on any atom is -0.496 e. The highest BCUT2D eigenvalue weighted by molar-refractivity contribution is 5.74. The quantitative estimate of drug-likeness (QED) is 0.693. The number of hydrogen-bond donors (Lipinski definition) is 0. The standard InChI is InChI=1S/C22H24O5/c1-16-11-19(24-2)18-9-10-22(13-21(23)25-3,27-20(18)12-16)15-26-14-17-7-5-4-6-8-17/h4-12H,13-15H2,1-3H3/t22-/m0/s1. The molecule has 2 aromatic carbocycles. The number of carbonyl (C=O) groups excluding carboxylic acids is 1. The van der Waals surface area contributed by atoms with Crippen molar-refractivity contribution in [3.05, 3.63) is 65.2 Å². The fourth-order valence-corrected chi connectivity index (χ4v) is 3.09. The van der Waals surface area contributed by atoms with Gasteiger partial charge in [-0.25, -0.2) is 0 Å². The van der Waals surface area contributed by atoms with Crippen molar-refractivity contribution in [2.75, 3.05) is 20.8 Å². The maximum Gasteiger partial charge on any atom is 0.310 e. The summed E-state index contributed by atoms with van der Waals surface area (Å²) in [6.45, 7) is 2.63. The average molecular weight is 368 g/mol. The summed E-state index contributed by atoms with van der Waals surface area (Å²) in [6.07, 6.45) is 3.84. The van der Waals surface area contributed by atoms with E-state index in [-0.39, 0.29) is 19.0 Å². The van der Waals surface area contributed by atoms with Crippen LogP contribution >= 0.6 is 0 Å². The third-order valence-corrected chi connectivity index (χ3v) is 4.46. The van der Waals surface area contributed by atoms with Gasteiger partial charge in [-0.2, -0.15) is 0 Å². The summed E-state index contributed by atoms with van der Waals surface area (Å²) in [4.78, 5) is 12.0. The van der Waals surface area contributed by atoms with Crippen LogP contribution in [0.3, 0.4) is 0 Å². The molecule has 3 rings (SSSR count). The van der Waals surface area contributed by atoms with Gasteiger partial charge in [-0.1, -0.05) is 30.3 Å². The van der Waals surface area contributed by atoms with Gasteiger partial charge in [0, 0.05) is 0 Å². The lowest BCUT2D eigenvalue weighted by Crippen LogP contribution is -2.43. The molecule has 0 saturated heterocycles. The van der Waals surface area contributed by atoms with Crippen molar-refractivity contribution >= 4 is 12.0 Å². The Bertz CT molecular complexity index is 828. The number of ether oxygens (including phenoxy) is 4. The van der Waals surface area contributed by atoms with Gasteiger partial charge in [0.25, 0.3) is 0 Å². The largest absolute Gasteiger partial charge is 0.496 e. The van der Waals surface area contributed by atoms with Gasteiger partial charge in [0.1, 0.15) is 11.5 Å². The molecule has 1 heterocycles. The van der Waals surface area contributed by atoms with E-state index in [9.17, 15) is 4.79 Å². The van der Waals surface area contributed by atoms with Crippen LogP contribution in [0.2, 0.25) is 0 Å². The number of esters is 1. The zero-order chi connectivity index (χ0) is 19.3. The first-order chi connectivity index (χ1) is 13.0. The maximum atomic E-state index is 12.0. The Morgan fingerprint density at radius 1 is 1.15 bits per heavy atom. The number of benzene rings is 2. The van der Waals surface area contributed by atoms with Crippen molar-refractivity contribution in [3.8, 4) is 11.5 Å². The van der Waals surface area contributed by atoms with E-state index in [1.54, 1.807) is 7.11 Å². The van der Waals surface area contributed by atoms with E-state index >= 15 is 0 Å². The van der Waals surface area contributed by atoms with Crippen LogP contribution in [-0.4, -0.2) is 32.4 Å². The summed E-state index contributed by atoms with van der Waals surface area (Å²) >= 11 is 0. The first kappa shape index (κ1) is 19.0. The van der Waals surface area contributed by atoms with E-state index in [1.165, 1.54) is 7.11 Å². The average Bonchev–Trinajstić information content (AvgIpc) is 2.67. The molecule has 0 saturated carbocycles. The van der Waals surface area contributed by atoms with Crippen LogP contribution in [0.25, 0.3) is 6.08 Å². The first-order valence-electron chi connectivity index (χ1n) is 8.80. The molecule has 0 amide bonds. The molecule has 27 heavy (non-hydrogen) atoms. The molecular weight excluding hydrogens is 344 g/mol. The number of rotatable bonds is 7. The zero-order valence-corrected chi connectivity index (χ0v) is 15.9. The summed E-state index contributed by atoms with van der Waals surface area (Å²) in [5.74, 6) is 1.05. The van der Waals surface area contributed by atoms with Crippen LogP contribution in [0, 0.1) is 6.92 Å². The Morgan fingerprint density at radius 3 is 2.63 bits per heavy atom. The van der Waals surface area contributed by atoms with Crippen LogP contribution in [0.15, 0.2) is 48.5 Å². The maximum absolute atomic E-state index is 12.0. The van der Waals surface area contributed by atoms with Crippen LogP contribution in [-0.2, 0) is 20.9 Å². The highest BCUT2D eigenvalue weighted by atomic mass is 16.6. The number of methoxy groups -OCH3 is 2. The van der Waals surface area contributed by atoms with Crippen LogP contribution in [0.4, 0.5) is 0 Å². The van der Waals surface area contributed by atoms with E-state index in [0.29, 0.717) is 12.4 Å². The molecule has 0 radical (unpaired) electrons. The summed E-state index contributed by atoms with van der Waals surface area (Å²) < 4.78 is 22.5. The molecule has 0 aromatic heterocycles. The number of hydrogen-bond acceptors (Lipinski definition) is 5. The molecule has 1 aliphatic rings. The van der Waals surface area contributed by atoms with Crippen molar-refractivity contribution in [2.24, 2.45) is 0 Å². The lowest BCUT2D eigenvalue weighted by Gasteiger charge is -2.34. The van der Waals surface area contributed by atoms with Crippen LogP contribution in [0.5, 0.6) is 11.5 Å². The Balaban J connectivity index is 1.82. The Hall–Kier alpha value is -2.79. The molecule has 0 N–H and O–H groups in total. The Kier molecular flexibility index (Phi) is 5.81. The topological polar surface area (TPSA) is 54.0 Å². The fraction of sp³-hybridized carbons (Fsp3) is 0.318. The second-order valence-electron chi connectivity index (χ2n) is 6.61. The number of fused-ring (bicyclic) bond motifs is 1. The van der Waals surface area contributed by atoms with E-state index in [4.69, 9.17) is 18.9 Å². The van der Waals surface area contributed by atoms with Gasteiger partial charge in [0.15, 0.2) is 5.60 Å². The molecule has 5 heteroatoms. The van der Waals surface area contributed by atoms with Gasteiger partial charge in [-0.05, 0) is 42.3 Å². The minimum atomic E-state index is -0.923. The molecule has 1 atom stereocenters. The number of carbonyl (C=O) groups is 1. The summed E-state index contributed by atoms with van der Waals surface area (Å²) in [5.41, 5.74) is 2.00. The predicted molar refractivity (Wildman–Crippen MR) is 103 cm³/mol. The van der Waals surface area contributed by atoms with Crippen molar-refractivity contribution < 1.29 is 23.7 Å². The van der Waals surface area contributed by atoms with Gasteiger partial charge < -0.3 is 18.9 Å². The monoisotopic (exact) mass is 368 g/mol. The zero-order valence-electron chi connectivity index (χ0n) is 15.9. The summed E-state index contributed by atoms with van der Waals surface area (Å²) in [5, 5.41) is 0. The second kappa shape index (κ2) is 8.27. The lowest BCUT2D eigenvalue weighted by molar-refractivity contribution is -0.145. The van der Waals surface area contributed by atoms with Gasteiger partial charge in [0.05, 0.1) is 39.4 Å². The molecule has 5 nitrogen and oxygen atoms in total. The smallest absolute Gasteiger partial charge is 0.310 e. The van der Waals surface area contributed by atoms with Crippen LogP contribution < -0.4 is 9.47 Å². The molecule has 1 aliphatic heterocycles. The predicted octanol–water partition coefficient (Wildman–Crippen LogP) is 3.93. The lowest BCUT2D eigenvalue weighted by atomic mass is 9.94. The van der Waals surface area contributed by atoms with E-state index in [0.717, 1.165) is 22.4 Å². The van der Waals surface area contributed by atoms with Crippen molar-refractivity contribution in [2.45, 2.75) is 25.6 Å². The molecular formula is C22H24O5.